The number of piperidine rings is 1. The van der Waals surface area contributed by atoms with E-state index in [1.54, 1.807) is 0 Å². The average Bonchev–Trinajstić information content (AvgIpc) is 3.27. The summed E-state index contributed by atoms with van der Waals surface area (Å²) in [7, 11) is 1.93. The highest BCUT2D eigenvalue weighted by molar-refractivity contribution is 7.93. The van der Waals surface area contributed by atoms with Crippen LogP contribution in [0.3, 0.4) is 0 Å². The van der Waals surface area contributed by atoms with Gasteiger partial charge in [-0.25, -0.2) is 31.3 Å². The molecule has 246 valence electrons. The SMILES string of the molecule is COc1ccc(S(=O)(=O)N2C(=O)C(c3cccnc3OC)(N3CCC(F)(F)C[C@H]3C(=O)ON(C)C)c3cc(Cl)ccc32)c(OC)c1. The number of fused-ring (bicyclic) bond motifs is 1. The molecule has 1 unspecified atom stereocenters. The molecule has 0 saturated carbocycles. The van der Waals surface area contributed by atoms with E-state index < -0.39 is 58.8 Å². The molecular formula is C30H31ClF2N4O8S. The standard InChI is InChI=1S/C30H31ClF2N4O8S/c1-35(2)45-27(38)23-17-29(32,33)12-14-36(23)30(20-7-6-13-34-26(20)44-5)21-15-18(31)8-10-22(21)37(28(30)39)46(40,41)25-11-9-19(42-3)16-24(25)43-4/h6-11,13,15-16,23H,12,14,17H2,1-5H3/t23-,30?/m0/s1. The highest BCUT2D eigenvalue weighted by atomic mass is 35.5. The van der Waals surface area contributed by atoms with Crippen LogP contribution in [0.15, 0.2) is 59.6 Å². The Balaban J connectivity index is 1.85. The molecule has 2 aromatic carbocycles. The van der Waals surface area contributed by atoms with E-state index in [4.69, 9.17) is 30.6 Å². The van der Waals surface area contributed by atoms with Crippen molar-refractivity contribution in [3.05, 3.63) is 70.9 Å². The average molecular weight is 681 g/mol. The van der Waals surface area contributed by atoms with Crippen LogP contribution in [0.1, 0.15) is 24.0 Å². The summed E-state index contributed by atoms with van der Waals surface area (Å²) in [5.41, 5.74) is -2.40. The Labute approximate surface area is 269 Å². The lowest BCUT2D eigenvalue weighted by molar-refractivity contribution is -0.196. The number of ether oxygens (including phenoxy) is 3. The zero-order chi connectivity index (χ0) is 33.6. The lowest BCUT2D eigenvalue weighted by atomic mass is 9.79. The zero-order valence-electron chi connectivity index (χ0n) is 25.5. The van der Waals surface area contributed by atoms with Gasteiger partial charge in [0.2, 0.25) is 5.88 Å². The number of hydrogen-bond donors (Lipinski definition) is 0. The molecule has 46 heavy (non-hydrogen) atoms. The molecule has 16 heteroatoms. The van der Waals surface area contributed by atoms with Crippen LogP contribution in [-0.2, 0) is 30.0 Å². The number of halogens is 3. The lowest BCUT2D eigenvalue weighted by Crippen LogP contribution is -2.64. The summed E-state index contributed by atoms with van der Waals surface area (Å²) in [5, 5.41) is 1.15. The van der Waals surface area contributed by atoms with Gasteiger partial charge in [0.25, 0.3) is 21.9 Å². The molecule has 0 aliphatic carbocycles. The quantitative estimate of drug-likeness (QED) is 0.306. The first-order valence-corrected chi connectivity index (χ1v) is 15.7. The summed E-state index contributed by atoms with van der Waals surface area (Å²) in [6, 6.07) is 9.24. The number of hydrogen-bond acceptors (Lipinski definition) is 11. The molecule has 1 fully saturated rings. The number of alkyl halides is 2. The van der Waals surface area contributed by atoms with Crippen LogP contribution in [-0.4, -0.2) is 89.2 Å². The first-order valence-electron chi connectivity index (χ1n) is 13.9. The number of rotatable bonds is 9. The van der Waals surface area contributed by atoms with Crippen molar-refractivity contribution in [2.75, 3.05) is 46.3 Å². The minimum absolute atomic E-state index is 0.000206. The Morgan fingerprint density at radius 3 is 2.43 bits per heavy atom. The van der Waals surface area contributed by atoms with E-state index in [0.717, 1.165) is 5.06 Å². The van der Waals surface area contributed by atoms with Gasteiger partial charge in [-0.15, -0.1) is 5.06 Å². The summed E-state index contributed by atoms with van der Waals surface area (Å²) in [6.07, 6.45) is -0.398. The minimum atomic E-state index is -4.80. The monoisotopic (exact) mass is 680 g/mol. The van der Waals surface area contributed by atoms with Gasteiger partial charge in [-0.2, -0.15) is 0 Å². The normalized spacial score (nSPS) is 21.2. The molecule has 1 amide bonds. The Bertz CT molecular complexity index is 1790. The maximum absolute atomic E-state index is 15.2. The van der Waals surface area contributed by atoms with E-state index >= 15 is 13.6 Å². The predicted molar refractivity (Wildman–Crippen MR) is 162 cm³/mol. The summed E-state index contributed by atoms with van der Waals surface area (Å²) in [6.45, 7) is -0.532. The first kappa shape index (κ1) is 33.3. The molecule has 5 rings (SSSR count). The molecule has 12 nitrogen and oxygen atoms in total. The number of carbonyl (C=O) groups excluding carboxylic acids is 2. The third-order valence-electron chi connectivity index (χ3n) is 7.87. The topological polar surface area (TPSA) is 128 Å². The van der Waals surface area contributed by atoms with Crippen LogP contribution in [0.25, 0.3) is 0 Å². The number of nitrogens with zero attached hydrogens (tertiary/aromatic N) is 4. The number of benzene rings is 2. The Kier molecular flexibility index (Phi) is 8.90. The highest BCUT2D eigenvalue weighted by Gasteiger charge is 2.64. The fourth-order valence-corrected chi connectivity index (χ4v) is 7.75. The summed E-state index contributed by atoms with van der Waals surface area (Å²) in [4.78, 5) is 39.1. The van der Waals surface area contributed by atoms with Crippen molar-refractivity contribution in [2.24, 2.45) is 0 Å². The molecule has 1 saturated heterocycles. The molecule has 2 atom stereocenters. The maximum atomic E-state index is 15.2. The smallest absolute Gasteiger partial charge is 0.342 e. The van der Waals surface area contributed by atoms with Crippen LogP contribution >= 0.6 is 11.6 Å². The van der Waals surface area contributed by atoms with Crippen molar-refractivity contribution in [3.63, 3.8) is 0 Å². The molecule has 0 bridgehead atoms. The minimum Gasteiger partial charge on any atom is -0.497 e. The lowest BCUT2D eigenvalue weighted by Gasteiger charge is -2.47. The van der Waals surface area contributed by atoms with Gasteiger partial charge in [0.15, 0.2) is 5.54 Å². The molecule has 3 aromatic rings. The zero-order valence-corrected chi connectivity index (χ0v) is 27.1. The van der Waals surface area contributed by atoms with Crippen molar-refractivity contribution in [3.8, 4) is 17.4 Å². The van der Waals surface area contributed by atoms with Gasteiger partial charge in [0, 0.05) is 61.9 Å². The second kappa shape index (κ2) is 12.3. The molecule has 2 aliphatic heterocycles. The largest absolute Gasteiger partial charge is 0.497 e. The fraction of sp³-hybridized carbons (Fsp3) is 0.367. The molecule has 0 N–H and O–H groups in total. The van der Waals surface area contributed by atoms with E-state index in [-0.39, 0.29) is 38.4 Å². The van der Waals surface area contributed by atoms with E-state index in [1.165, 1.54) is 95.1 Å². The summed E-state index contributed by atoms with van der Waals surface area (Å²) in [5.74, 6) is -5.44. The predicted octanol–water partition coefficient (Wildman–Crippen LogP) is 3.86. The van der Waals surface area contributed by atoms with Crippen molar-refractivity contribution in [1.82, 2.24) is 14.9 Å². The maximum Gasteiger partial charge on any atom is 0.342 e. The van der Waals surface area contributed by atoms with Crippen molar-refractivity contribution < 1.29 is 45.8 Å². The fourth-order valence-electron chi connectivity index (χ4n) is 5.98. The molecule has 3 heterocycles. The van der Waals surface area contributed by atoms with E-state index in [1.807, 2.05) is 0 Å². The number of likely N-dealkylation sites (tertiary alicyclic amines) is 1. The van der Waals surface area contributed by atoms with Crippen molar-refractivity contribution in [2.45, 2.75) is 35.2 Å². The van der Waals surface area contributed by atoms with Gasteiger partial charge in [-0.05, 0) is 42.5 Å². The van der Waals surface area contributed by atoms with Gasteiger partial charge in [-0.3, -0.25) is 9.69 Å². The molecular weight excluding hydrogens is 650 g/mol. The molecule has 0 radical (unpaired) electrons. The van der Waals surface area contributed by atoms with Gasteiger partial charge < -0.3 is 19.0 Å². The Morgan fingerprint density at radius 2 is 1.78 bits per heavy atom. The number of pyridine rings is 1. The molecule has 1 aromatic heterocycles. The first-order chi connectivity index (χ1) is 21.7. The third kappa shape index (κ3) is 5.40. The van der Waals surface area contributed by atoms with E-state index in [2.05, 4.69) is 4.98 Å². The van der Waals surface area contributed by atoms with Crippen LogP contribution in [0, 0.1) is 0 Å². The second-order valence-electron chi connectivity index (χ2n) is 10.8. The van der Waals surface area contributed by atoms with Gasteiger partial charge in [0.05, 0.1) is 27.0 Å². The molecule has 2 aliphatic rings. The van der Waals surface area contributed by atoms with Crippen LogP contribution in [0.5, 0.6) is 17.4 Å². The van der Waals surface area contributed by atoms with Crippen molar-refractivity contribution >= 4 is 39.2 Å². The summed E-state index contributed by atoms with van der Waals surface area (Å²) >= 11 is 6.47. The van der Waals surface area contributed by atoms with Crippen LogP contribution < -0.4 is 18.5 Å². The van der Waals surface area contributed by atoms with E-state index in [9.17, 15) is 13.2 Å². The Morgan fingerprint density at radius 1 is 1.04 bits per heavy atom. The summed E-state index contributed by atoms with van der Waals surface area (Å²) < 4.78 is 75.9. The number of hydroxylamine groups is 2. The number of anilines is 1. The third-order valence-corrected chi connectivity index (χ3v) is 9.84. The van der Waals surface area contributed by atoms with Crippen LogP contribution in [0.4, 0.5) is 14.5 Å². The number of amides is 1. The van der Waals surface area contributed by atoms with Gasteiger partial charge in [-0.1, -0.05) is 11.6 Å². The van der Waals surface area contributed by atoms with E-state index in [0.29, 0.717) is 10.1 Å². The highest BCUT2D eigenvalue weighted by Crippen LogP contribution is 2.55. The second-order valence-corrected chi connectivity index (χ2v) is 13.0. The molecule has 0 spiro atoms. The number of carbonyl (C=O) groups is 2. The van der Waals surface area contributed by atoms with Gasteiger partial charge in [0.1, 0.15) is 22.4 Å². The van der Waals surface area contributed by atoms with Crippen molar-refractivity contribution in [1.29, 1.82) is 0 Å². The number of sulfonamides is 1. The number of aromatic nitrogens is 1. The van der Waals surface area contributed by atoms with Gasteiger partial charge >= 0.3 is 5.97 Å². The number of methoxy groups -OCH3 is 3. The Hall–Kier alpha value is -4.05. The van der Waals surface area contributed by atoms with Crippen LogP contribution in [0.2, 0.25) is 5.02 Å².